The van der Waals surface area contributed by atoms with Crippen LogP contribution in [0.1, 0.15) is 0 Å². The van der Waals surface area contributed by atoms with E-state index in [-0.39, 0.29) is 0 Å². The van der Waals surface area contributed by atoms with Gasteiger partial charge >= 0.3 is 0 Å². The van der Waals surface area contributed by atoms with E-state index < -0.39 is 0 Å². The first-order valence-electron chi connectivity index (χ1n) is 16.8. The third kappa shape index (κ3) is 5.61. The van der Waals surface area contributed by atoms with Gasteiger partial charge in [0.25, 0.3) is 0 Å². The van der Waals surface area contributed by atoms with Gasteiger partial charge in [-0.25, -0.2) is 9.97 Å². The van der Waals surface area contributed by atoms with Gasteiger partial charge in [-0.2, -0.15) is 0 Å². The lowest BCUT2D eigenvalue weighted by Crippen LogP contribution is -1.95. The predicted octanol–water partition coefficient (Wildman–Crippen LogP) is 12.2. The molecule has 3 heteroatoms. The van der Waals surface area contributed by atoms with Crippen LogP contribution in [-0.2, 0) is 0 Å². The highest BCUT2D eigenvalue weighted by Gasteiger charge is 2.13. The number of aromatic nitrogens is 3. The molecule has 3 nitrogen and oxygen atoms in total. The summed E-state index contributed by atoms with van der Waals surface area (Å²) in [6, 6.07) is 63.8. The van der Waals surface area contributed by atoms with Crippen molar-refractivity contribution in [3.8, 4) is 67.3 Å². The number of para-hydroxylation sites is 1. The lowest BCUT2D eigenvalue weighted by Gasteiger charge is -2.13. The highest BCUT2D eigenvalue weighted by atomic mass is 14.9. The molecule has 2 heterocycles. The van der Waals surface area contributed by atoms with Gasteiger partial charge in [0.05, 0.1) is 16.9 Å². The summed E-state index contributed by atoms with van der Waals surface area (Å²) >= 11 is 0. The van der Waals surface area contributed by atoms with Gasteiger partial charge in [-0.05, 0) is 56.8 Å². The molecule has 0 N–H and O–H groups in total. The monoisotopic (exact) mass is 637 g/mol. The molecule has 0 aliphatic carbocycles. The highest BCUT2D eigenvalue weighted by molar-refractivity contribution is 6.04. The largest absolute Gasteiger partial charge is 0.256 e. The quantitative estimate of drug-likeness (QED) is 0.182. The second-order valence-electron chi connectivity index (χ2n) is 12.5. The molecule has 0 aliphatic heterocycles. The molecular formula is C47H31N3. The fourth-order valence-electron chi connectivity index (χ4n) is 6.77. The number of rotatable bonds is 6. The van der Waals surface area contributed by atoms with Gasteiger partial charge < -0.3 is 0 Å². The van der Waals surface area contributed by atoms with Crippen molar-refractivity contribution >= 4 is 21.7 Å². The van der Waals surface area contributed by atoms with Crippen molar-refractivity contribution in [3.63, 3.8) is 0 Å². The normalized spacial score (nSPS) is 11.2. The average Bonchev–Trinajstić information content (AvgIpc) is 3.21. The van der Waals surface area contributed by atoms with Crippen LogP contribution in [0.25, 0.3) is 89.0 Å². The fourth-order valence-corrected chi connectivity index (χ4v) is 6.77. The molecule has 0 fully saturated rings. The Labute approximate surface area is 291 Å². The van der Waals surface area contributed by atoms with Crippen LogP contribution in [0.3, 0.4) is 0 Å². The Morgan fingerprint density at radius 3 is 1.44 bits per heavy atom. The molecule has 0 unspecified atom stereocenters. The number of hydrogen-bond acceptors (Lipinski definition) is 3. The number of hydrogen-bond donors (Lipinski definition) is 0. The SMILES string of the molecule is c1ccc(-c2cc(-c3ccc(-c4cccc5c(-c6ccc(-c7cnc8ccccc8c7)cc6)cccc45)cc3)nc(-c3ccccc3)n2)cc1. The molecule has 9 aromatic rings. The number of pyridine rings is 1. The first-order valence-corrected chi connectivity index (χ1v) is 16.8. The van der Waals surface area contributed by atoms with E-state index in [1.165, 1.54) is 27.5 Å². The second-order valence-corrected chi connectivity index (χ2v) is 12.5. The smallest absolute Gasteiger partial charge is 0.160 e. The Kier molecular flexibility index (Phi) is 7.49. The maximum absolute atomic E-state index is 5.02. The van der Waals surface area contributed by atoms with Gasteiger partial charge in [-0.15, -0.1) is 0 Å². The minimum absolute atomic E-state index is 0.717. The standard InChI is InChI=1S/C47H31N3/c1-3-11-35(12-4-1)45-30-46(50-47(49-45)37-13-5-2-6-14-37)36-27-25-34(26-28-36)41-17-10-18-42-40(16-9-19-43(41)42)33-23-21-32(22-24-33)39-29-38-15-7-8-20-44(38)48-31-39/h1-31H. The predicted molar refractivity (Wildman–Crippen MR) is 207 cm³/mol. The molecule has 7 aromatic carbocycles. The highest BCUT2D eigenvalue weighted by Crippen LogP contribution is 2.37. The first kappa shape index (κ1) is 29.4. The molecule has 9 rings (SSSR count). The molecule has 0 saturated heterocycles. The van der Waals surface area contributed by atoms with E-state index in [1.54, 1.807) is 0 Å². The van der Waals surface area contributed by atoms with Crippen LogP contribution in [0, 0.1) is 0 Å². The van der Waals surface area contributed by atoms with Crippen molar-refractivity contribution < 1.29 is 0 Å². The summed E-state index contributed by atoms with van der Waals surface area (Å²) in [5.41, 5.74) is 13.0. The summed E-state index contributed by atoms with van der Waals surface area (Å²) < 4.78 is 0. The average molecular weight is 638 g/mol. The van der Waals surface area contributed by atoms with Crippen LogP contribution in [0.2, 0.25) is 0 Å². The summed E-state index contributed by atoms with van der Waals surface area (Å²) in [5, 5.41) is 3.60. The Hall–Kier alpha value is -6.71. The van der Waals surface area contributed by atoms with E-state index in [4.69, 9.17) is 9.97 Å². The van der Waals surface area contributed by atoms with Gasteiger partial charge in [-0.1, -0.05) is 164 Å². The van der Waals surface area contributed by atoms with Gasteiger partial charge in [0.2, 0.25) is 0 Å². The number of benzene rings is 7. The van der Waals surface area contributed by atoms with Crippen LogP contribution in [0.4, 0.5) is 0 Å². The zero-order valence-corrected chi connectivity index (χ0v) is 27.2. The summed E-state index contributed by atoms with van der Waals surface area (Å²) in [7, 11) is 0. The maximum atomic E-state index is 5.02. The van der Waals surface area contributed by atoms with Crippen molar-refractivity contribution in [2.24, 2.45) is 0 Å². The molecular weight excluding hydrogens is 607 g/mol. The van der Waals surface area contributed by atoms with Crippen LogP contribution in [-0.4, -0.2) is 15.0 Å². The summed E-state index contributed by atoms with van der Waals surface area (Å²) in [6.07, 6.45) is 1.96. The minimum atomic E-state index is 0.717. The number of nitrogens with zero attached hydrogens (tertiary/aromatic N) is 3. The lowest BCUT2D eigenvalue weighted by atomic mass is 9.92. The van der Waals surface area contributed by atoms with E-state index in [2.05, 4.69) is 138 Å². The molecule has 0 amide bonds. The van der Waals surface area contributed by atoms with Gasteiger partial charge in [0.15, 0.2) is 5.82 Å². The first-order chi connectivity index (χ1) is 24.8. The Bertz CT molecular complexity index is 2550. The maximum Gasteiger partial charge on any atom is 0.160 e. The van der Waals surface area contributed by atoms with Crippen LogP contribution in [0.15, 0.2) is 188 Å². The van der Waals surface area contributed by atoms with Crippen molar-refractivity contribution in [1.82, 2.24) is 15.0 Å². The van der Waals surface area contributed by atoms with E-state index in [9.17, 15) is 0 Å². The Morgan fingerprint density at radius 1 is 0.320 bits per heavy atom. The van der Waals surface area contributed by atoms with E-state index in [1.807, 2.05) is 54.7 Å². The van der Waals surface area contributed by atoms with Crippen molar-refractivity contribution in [1.29, 1.82) is 0 Å². The molecule has 0 radical (unpaired) electrons. The van der Waals surface area contributed by atoms with Gasteiger partial charge in [-0.3, -0.25) is 4.98 Å². The lowest BCUT2D eigenvalue weighted by molar-refractivity contribution is 1.18. The Morgan fingerprint density at radius 2 is 0.820 bits per heavy atom. The molecule has 0 spiro atoms. The second kappa shape index (κ2) is 12.7. The van der Waals surface area contributed by atoms with Crippen LogP contribution < -0.4 is 0 Å². The minimum Gasteiger partial charge on any atom is -0.256 e. The molecule has 0 saturated carbocycles. The van der Waals surface area contributed by atoms with E-state index in [0.717, 1.165) is 61.5 Å². The van der Waals surface area contributed by atoms with Crippen LogP contribution >= 0.6 is 0 Å². The topological polar surface area (TPSA) is 38.7 Å². The van der Waals surface area contributed by atoms with Crippen LogP contribution in [0.5, 0.6) is 0 Å². The summed E-state index contributed by atoms with van der Waals surface area (Å²) in [6.45, 7) is 0. The van der Waals surface area contributed by atoms with Crippen molar-refractivity contribution in [3.05, 3.63) is 188 Å². The Balaban J connectivity index is 1.06. The van der Waals surface area contributed by atoms with Crippen molar-refractivity contribution in [2.45, 2.75) is 0 Å². The van der Waals surface area contributed by atoms with Crippen molar-refractivity contribution in [2.75, 3.05) is 0 Å². The number of fused-ring (bicyclic) bond motifs is 2. The fraction of sp³-hybridized carbons (Fsp3) is 0. The molecule has 234 valence electrons. The third-order valence-electron chi connectivity index (χ3n) is 9.36. The zero-order valence-electron chi connectivity index (χ0n) is 27.2. The zero-order chi connectivity index (χ0) is 33.3. The molecule has 0 atom stereocenters. The molecule has 0 aliphatic rings. The van der Waals surface area contributed by atoms with Gasteiger partial charge in [0.1, 0.15) is 0 Å². The van der Waals surface area contributed by atoms with E-state index in [0.29, 0.717) is 0 Å². The molecule has 2 aromatic heterocycles. The summed E-state index contributed by atoms with van der Waals surface area (Å²) in [5.74, 6) is 0.717. The summed E-state index contributed by atoms with van der Waals surface area (Å²) in [4.78, 5) is 14.6. The molecule has 50 heavy (non-hydrogen) atoms. The van der Waals surface area contributed by atoms with E-state index >= 15 is 0 Å². The molecule has 0 bridgehead atoms. The third-order valence-corrected chi connectivity index (χ3v) is 9.36. The van der Waals surface area contributed by atoms with Gasteiger partial charge in [0, 0.05) is 33.8 Å².